The molecule has 1 aliphatic heterocycles. The van der Waals surface area contributed by atoms with Crippen molar-refractivity contribution in [1.82, 2.24) is 4.65 Å². The lowest BCUT2D eigenvalue weighted by molar-refractivity contribution is -0.132. The Morgan fingerprint density at radius 3 is 2.65 bits per heavy atom. The first-order valence-electron chi connectivity index (χ1n) is 8.14. The highest BCUT2D eigenvalue weighted by Crippen LogP contribution is 2.46. The molecule has 1 unspecified atom stereocenters. The van der Waals surface area contributed by atoms with Gasteiger partial charge in [0.25, 0.3) is 0 Å². The van der Waals surface area contributed by atoms with Crippen molar-refractivity contribution < 1.29 is 29.3 Å². The van der Waals surface area contributed by atoms with Gasteiger partial charge in [-0.15, -0.1) is 0 Å². The van der Waals surface area contributed by atoms with E-state index in [1.54, 1.807) is 0 Å². The molecule has 26 heavy (non-hydrogen) atoms. The summed E-state index contributed by atoms with van der Waals surface area (Å²) in [7, 11) is 0. The van der Waals surface area contributed by atoms with E-state index in [1.165, 1.54) is 12.1 Å². The Balaban J connectivity index is 1.92. The number of hydrogen-bond acceptors (Lipinski definition) is 6. The molecule has 1 saturated carbocycles. The van der Waals surface area contributed by atoms with Crippen molar-refractivity contribution in [2.45, 2.75) is 18.9 Å². The second-order valence-electron chi connectivity index (χ2n) is 6.10. The molecule has 0 bridgehead atoms. The third kappa shape index (κ3) is 3.46. The number of ketones is 1. The zero-order valence-corrected chi connectivity index (χ0v) is 14.6. The molecule has 2 aliphatic rings. The van der Waals surface area contributed by atoms with Crippen LogP contribution in [0.4, 0.5) is 5.69 Å². The Morgan fingerprint density at radius 2 is 2.04 bits per heavy atom. The number of quaternary nitrogens is 1. The Kier molecular flexibility index (Phi) is 5.31. The van der Waals surface area contributed by atoms with Crippen LogP contribution >= 0.6 is 11.6 Å². The van der Waals surface area contributed by atoms with Crippen LogP contribution in [-0.2, 0) is 9.53 Å². The summed E-state index contributed by atoms with van der Waals surface area (Å²) in [4.78, 5) is 23.9. The number of rotatable bonds is 8. The fraction of sp³-hybridized carbons (Fsp3) is 0.412. The molecule has 9 heteroatoms. The number of carboxylic acids is 1. The number of carbonyl (C=O) groups is 2. The van der Waals surface area contributed by atoms with Gasteiger partial charge in [-0.25, -0.2) is 4.79 Å². The van der Waals surface area contributed by atoms with Crippen molar-refractivity contribution in [2.24, 2.45) is 0 Å². The van der Waals surface area contributed by atoms with Crippen LogP contribution < -0.4 is 9.38 Å². The Hall–Kier alpha value is -1.97. The largest absolute Gasteiger partial charge is 0.622 e. The first-order valence-corrected chi connectivity index (χ1v) is 8.52. The number of aliphatic carboxylic acids is 1. The highest BCUT2D eigenvalue weighted by molar-refractivity contribution is 6.33. The molecule has 3 rings (SSSR count). The summed E-state index contributed by atoms with van der Waals surface area (Å²) in [6, 6.07) is 2.37. The number of benzene rings is 1. The van der Waals surface area contributed by atoms with Crippen LogP contribution in [0.25, 0.3) is 0 Å². The molecular formula is C17H18ClNO7. The summed E-state index contributed by atoms with van der Waals surface area (Å²) < 4.78 is 9.55. The van der Waals surface area contributed by atoms with E-state index in [9.17, 15) is 19.9 Å². The normalized spacial score (nSPS) is 22.0. The van der Waals surface area contributed by atoms with Crippen LogP contribution in [0.15, 0.2) is 23.9 Å². The Bertz CT molecular complexity index is 775. The molecule has 1 heterocycles. The number of aliphatic hydroxyl groups excluding tert-OH is 1. The minimum Gasteiger partial charge on any atom is -0.622 e. The standard InChI is InChI=1S/C17H18ClNO7/c18-13-8-14-11(7-15(13)26-6-5-25-4-3-20)16(21)12(17(22)23)9-19(14,24)10-1-2-10/h7-10,20H,1-6H2,(H,22,23). The van der Waals surface area contributed by atoms with Crippen molar-refractivity contribution in [1.29, 1.82) is 0 Å². The molecule has 0 spiro atoms. The van der Waals surface area contributed by atoms with E-state index >= 15 is 0 Å². The number of hydroxylamine groups is 2. The van der Waals surface area contributed by atoms with E-state index in [1.807, 2.05) is 0 Å². The van der Waals surface area contributed by atoms with Gasteiger partial charge in [0.2, 0.25) is 5.78 Å². The molecule has 2 N–H and O–H groups in total. The third-order valence-electron chi connectivity index (χ3n) is 4.28. The maximum absolute atomic E-state index is 13.3. The van der Waals surface area contributed by atoms with Gasteiger partial charge in [-0.2, -0.15) is 0 Å². The molecular weight excluding hydrogens is 366 g/mol. The zero-order chi connectivity index (χ0) is 18.9. The van der Waals surface area contributed by atoms with Gasteiger partial charge >= 0.3 is 5.97 Å². The van der Waals surface area contributed by atoms with Crippen molar-refractivity contribution in [3.05, 3.63) is 39.7 Å². The van der Waals surface area contributed by atoms with E-state index in [4.69, 9.17) is 26.2 Å². The van der Waals surface area contributed by atoms with Crippen molar-refractivity contribution in [3.63, 3.8) is 0 Å². The molecule has 1 aliphatic carbocycles. The third-order valence-corrected chi connectivity index (χ3v) is 4.57. The van der Waals surface area contributed by atoms with Gasteiger partial charge in [-0.3, -0.25) is 9.44 Å². The molecule has 1 aromatic rings. The lowest BCUT2D eigenvalue weighted by atomic mass is 9.97. The van der Waals surface area contributed by atoms with Gasteiger partial charge in [0.15, 0.2) is 11.3 Å². The van der Waals surface area contributed by atoms with E-state index in [0.29, 0.717) is 12.8 Å². The van der Waals surface area contributed by atoms with Gasteiger partial charge in [0.1, 0.15) is 18.6 Å². The van der Waals surface area contributed by atoms with Crippen LogP contribution in [0.5, 0.6) is 5.75 Å². The average molecular weight is 384 g/mol. The molecule has 0 amide bonds. The van der Waals surface area contributed by atoms with E-state index in [0.717, 1.165) is 6.20 Å². The number of nitrogens with zero attached hydrogens (tertiary/aromatic N) is 1. The summed E-state index contributed by atoms with van der Waals surface area (Å²) in [6.45, 7) is 0.382. The van der Waals surface area contributed by atoms with E-state index < -0.39 is 22.0 Å². The minimum atomic E-state index is -1.44. The maximum Gasteiger partial charge on any atom is 0.345 e. The van der Waals surface area contributed by atoms with Gasteiger partial charge in [0.05, 0.1) is 36.4 Å². The van der Waals surface area contributed by atoms with Crippen LogP contribution in [0, 0.1) is 5.21 Å². The van der Waals surface area contributed by atoms with Crippen molar-refractivity contribution in [3.8, 4) is 5.75 Å². The average Bonchev–Trinajstić information content (AvgIpc) is 3.44. The fourth-order valence-electron chi connectivity index (χ4n) is 2.88. The number of Topliss-reactive ketones (excluding diaryl/α,β-unsaturated/α-hetero) is 1. The number of aliphatic hydroxyl groups is 1. The molecule has 140 valence electrons. The lowest BCUT2D eigenvalue weighted by Gasteiger charge is -2.42. The second kappa shape index (κ2) is 7.34. The predicted octanol–water partition coefficient (Wildman–Crippen LogP) is 1.86. The first kappa shape index (κ1) is 18.8. The number of hydrogen-bond donors (Lipinski definition) is 2. The maximum atomic E-state index is 13.3. The van der Waals surface area contributed by atoms with E-state index in [-0.39, 0.29) is 54.5 Å². The summed E-state index contributed by atoms with van der Waals surface area (Å²) in [6.07, 6.45) is 2.27. The van der Waals surface area contributed by atoms with Gasteiger partial charge < -0.3 is 24.9 Å². The summed E-state index contributed by atoms with van der Waals surface area (Å²) >= 11 is 6.20. The topological polar surface area (TPSA) is 116 Å². The van der Waals surface area contributed by atoms with Crippen molar-refractivity contribution >= 4 is 29.0 Å². The lowest BCUT2D eigenvalue weighted by Crippen LogP contribution is -2.44. The highest BCUT2D eigenvalue weighted by atomic mass is 35.5. The summed E-state index contributed by atoms with van der Waals surface area (Å²) in [5, 5.41) is 31.4. The van der Waals surface area contributed by atoms with Gasteiger partial charge in [-0.05, 0) is 6.07 Å². The van der Waals surface area contributed by atoms with Crippen LogP contribution in [0.3, 0.4) is 0 Å². The molecule has 0 aromatic heterocycles. The monoisotopic (exact) mass is 383 g/mol. The quantitative estimate of drug-likeness (QED) is 0.304. The van der Waals surface area contributed by atoms with E-state index in [2.05, 4.69) is 0 Å². The second-order valence-corrected chi connectivity index (χ2v) is 6.51. The van der Waals surface area contributed by atoms with Gasteiger partial charge in [-0.1, -0.05) is 11.6 Å². The highest BCUT2D eigenvalue weighted by Gasteiger charge is 2.46. The van der Waals surface area contributed by atoms with Crippen LogP contribution in [0.1, 0.15) is 23.2 Å². The van der Waals surface area contributed by atoms with Gasteiger partial charge in [0, 0.05) is 18.9 Å². The smallest absolute Gasteiger partial charge is 0.345 e. The number of ether oxygens (including phenoxy) is 2. The molecule has 0 saturated heterocycles. The molecule has 8 nitrogen and oxygen atoms in total. The van der Waals surface area contributed by atoms with Crippen LogP contribution in [0.2, 0.25) is 5.02 Å². The number of carboxylic acid groups (broad SMARTS) is 1. The Labute approximate surface area is 154 Å². The molecule has 1 atom stereocenters. The number of halogens is 1. The molecule has 1 aromatic carbocycles. The van der Waals surface area contributed by atoms with Crippen LogP contribution in [-0.4, -0.2) is 54.4 Å². The zero-order valence-electron chi connectivity index (χ0n) is 13.8. The molecule has 0 radical (unpaired) electrons. The minimum absolute atomic E-state index is 0.0116. The fourth-order valence-corrected chi connectivity index (χ4v) is 3.09. The number of carbonyl (C=O) groups excluding carboxylic acids is 1. The first-order chi connectivity index (χ1) is 12.4. The van der Waals surface area contributed by atoms with Crippen molar-refractivity contribution in [2.75, 3.05) is 26.4 Å². The number of fused-ring (bicyclic) bond motifs is 1. The molecule has 1 fully saturated rings. The summed E-state index contributed by atoms with van der Waals surface area (Å²) in [5.41, 5.74) is -0.419. The summed E-state index contributed by atoms with van der Waals surface area (Å²) in [5.74, 6) is -2.01. The predicted molar refractivity (Wildman–Crippen MR) is 93.1 cm³/mol. The Morgan fingerprint density at radius 1 is 1.31 bits per heavy atom. The SMILES string of the molecule is O=C(O)C1=C[N+]([O-])(C2CC2)c2cc(Cl)c(OCCOCCO)cc2C1=O.